The Hall–Kier alpha value is -0.530. The van der Waals surface area contributed by atoms with Gasteiger partial charge in [0.15, 0.2) is 0 Å². The normalized spacial score (nSPS) is 28.4. The standard InChI is InChI=1S/C17H25ClO/c1-17(2,3)14-8-9-16(19)13(11-14)10-12-6-4-5-7-15(12)18/h4-7,13-14,16,19H,8-11H2,1-3H3. The first-order valence-corrected chi connectivity index (χ1v) is 7.67. The molecule has 106 valence electrons. The third kappa shape index (κ3) is 3.73. The number of rotatable bonds is 2. The SMILES string of the molecule is CC(C)(C)C1CCC(O)C(Cc2ccccc2Cl)C1. The zero-order valence-electron chi connectivity index (χ0n) is 12.2. The van der Waals surface area contributed by atoms with E-state index in [0.717, 1.165) is 30.7 Å². The van der Waals surface area contributed by atoms with Gasteiger partial charge in [0.1, 0.15) is 0 Å². The molecule has 1 saturated carbocycles. The first kappa shape index (κ1) is 14.9. The van der Waals surface area contributed by atoms with Crippen LogP contribution in [0, 0.1) is 17.3 Å². The van der Waals surface area contributed by atoms with Gasteiger partial charge in [-0.25, -0.2) is 0 Å². The Kier molecular flexibility index (Phi) is 4.58. The molecule has 2 heteroatoms. The van der Waals surface area contributed by atoms with Gasteiger partial charge in [-0.15, -0.1) is 0 Å². The molecular formula is C17H25ClO. The molecule has 0 aliphatic heterocycles. The number of hydrogen-bond acceptors (Lipinski definition) is 1. The molecule has 1 aromatic carbocycles. The van der Waals surface area contributed by atoms with E-state index in [1.165, 1.54) is 5.56 Å². The second kappa shape index (κ2) is 5.85. The molecule has 1 aliphatic carbocycles. The van der Waals surface area contributed by atoms with Crippen molar-refractivity contribution in [2.75, 3.05) is 0 Å². The summed E-state index contributed by atoms with van der Waals surface area (Å²) in [6.07, 6.45) is 3.90. The summed E-state index contributed by atoms with van der Waals surface area (Å²) in [5.74, 6) is 1.04. The zero-order chi connectivity index (χ0) is 14.0. The van der Waals surface area contributed by atoms with Gasteiger partial charge in [-0.2, -0.15) is 0 Å². The minimum Gasteiger partial charge on any atom is -0.393 e. The number of benzene rings is 1. The van der Waals surface area contributed by atoms with Crippen molar-refractivity contribution in [1.82, 2.24) is 0 Å². The number of aliphatic hydroxyl groups excluding tert-OH is 1. The largest absolute Gasteiger partial charge is 0.393 e. The van der Waals surface area contributed by atoms with Gasteiger partial charge in [0, 0.05) is 5.02 Å². The molecule has 0 aromatic heterocycles. The fourth-order valence-electron chi connectivity index (χ4n) is 3.20. The monoisotopic (exact) mass is 280 g/mol. The van der Waals surface area contributed by atoms with E-state index in [9.17, 15) is 5.11 Å². The van der Waals surface area contributed by atoms with E-state index in [4.69, 9.17) is 11.6 Å². The second-order valence-electron chi connectivity index (χ2n) is 7.00. The lowest BCUT2D eigenvalue weighted by atomic mass is 9.67. The van der Waals surface area contributed by atoms with Gasteiger partial charge in [0.2, 0.25) is 0 Å². The Morgan fingerprint density at radius 1 is 1.21 bits per heavy atom. The third-order valence-electron chi connectivity index (χ3n) is 4.61. The highest BCUT2D eigenvalue weighted by molar-refractivity contribution is 6.31. The van der Waals surface area contributed by atoms with Crippen molar-refractivity contribution in [1.29, 1.82) is 0 Å². The molecule has 3 unspecified atom stereocenters. The molecule has 2 rings (SSSR count). The lowest BCUT2D eigenvalue weighted by Gasteiger charge is -2.40. The highest BCUT2D eigenvalue weighted by atomic mass is 35.5. The summed E-state index contributed by atoms with van der Waals surface area (Å²) in [4.78, 5) is 0. The molecule has 3 atom stereocenters. The highest BCUT2D eigenvalue weighted by Gasteiger charge is 2.35. The van der Waals surface area contributed by atoms with E-state index >= 15 is 0 Å². The van der Waals surface area contributed by atoms with Gasteiger partial charge in [-0.05, 0) is 54.6 Å². The zero-order valence-corrected chi connectivity index (χ0v) is 13.0. The molecule has 1 N–H and O–H groups in total. The first-order valence-electron chi connectivity index (χ1n) is 7.29. The molecule has 1 aromatic rings. The summed E-state index contributed by atoms with van der Waals surface area (Å²) < 4.78 is 0. The third-order valence-corrected chi connectivity index (χ3v) is 4.98. The maximum absolute atomic E-state index is 10.3. The lowest BCUT2D eigenvalue weighted by Crippen LogP contribution is -2.35. The fraction of sp³-hybridized carbons (Fsp3) is 0.647. The minimum atomic E-state index is -0.171. The molecule has 0 radical (unpaired) electrons. The van der Waals surface area contributed by atoms with Gasteiger partial charge >= 0.3 is 0 Å². The van der Waals surface area contributed by atoms with E-state index in [1.807, 2.05) is 18.2 Å². The van der Waals surface area contributed by atoms with E-state index < -0.39 is 0 Å². The summed E-state index contributed by atoms with van der Waals surface area (Å²) in [6.45, 7) is 6.92. The Labute approximate surface area is 122 Å². The Morgan fingerprint density at radius 3 is 2.53 bits per heavy atom. The summed E-state index contributed by atoms with van der Waals surface area (Å²) >= 11 is 6.24. The van der Waals surface area contributed by atoms with Crippen LogP contribution >= 0.6 is 11.6 Å². The van der Waals surface area contributed by atoms with E-state index in [2.05, 4.69) is 26.8 Å². The maximum atomic E-state index is 10.3. The van der Waals surface area contributed by atoms with Crippen LogP contribution in [0.5, 0.6) is 0 Å². The van der Waals surface area contributed by atoms with Gasteiger partial charge in [0.05, 0.1) is 6.10 Å². The van der Waals surface area contributed by atoms with Crippen molar-refractivity contribution in [2.24, 2.45) is 17.3 Å². The van der Waals surface area contributed by atoms with E-state index in [0.29, 0.717) is 17.3 Å². The quantitative estimate of drug-likeness (QED) is 0.832. The molecule has 19 heavy (non-hydrogen) atoms. The van der Waals surface area contributed by atoms with E-state index in [1.54, 1.807) is 0 Å². The van der Waals surface area contributed by atoms with Crippen LogP contribution in [-0.2, 0) is 6.42 Å². The van der Waals surface area contributed by atoms with Crippen molar-refractivity contribution in [3.8, 4) is 0 Å². The van der Waals surface area contributed by atoms with Crippen LogP contribution in [0.2, 0.25) is 5.02 Å². The molecule has 0 saturated heterocycles. The van der Waals surface area contributed by atoms with Crippen LogP contribution in [-0.4, -0.2) is 11.2 Å². The van der Waals surface area contributed by atoms with Crippen LogP contribution in [0.3, 0.4) is 0 Å². The van der Waals surface area contributed by atoms with Gasteiger partial charge in [0.25, 0.3) is 0 Å². The smallest absolute Gasteiger partial charge is 0.0571 e. The number of hydrogen-bond donors (Lipinski definition) is 1. The van der Waals surface area contributed by atoms with Crippen molar-refractivity contribution in [3.63, 3.8) is 0 Å². The average Bonchev–Trinajstić information content (AvgIpc) is 2.33. The fourth-order valence-corrected chi connectivity index (χ4v) is 3.41. The second-order valence-corrected chi connectivity index (χ2v) is 7.41. The topological polar surface area (TPSA) is 20.2 Å². The molecule has 0 heterocycles. The van der Waals surface area contributed by atoms with Crippen LogP contribution in [0.15, 0.2) is 24.3 Å². The molecule has 0 spiro atoms. The highest BCUT2D eigenvalue weighted by Crippen LogP contribution is 2.41. The van der Waals surface area contributed by atoms with Crippen molar-refractivity contribution in [2.45, 2.75) is 52.6 Å². The van der Waals surface area contributed by atoms with Crippen LogP contribution in [0.25, 0.3) is 0 Å². The Bertz CT molecular complexity index is 422. The molecule has 1 aliphatic rings. The molecule has 0 bridgehead atoms. The molecule has 0 amide bonds. The maximum Gasteiger partial charge on any atom is 0.0571 e. The summed E-state index contributed by atoms with van der Waals surface area (Å²) in [7, 11) is 0. The Morgan fingerprint density at radius 2 is 1.89 bits per heavy atom. The van der Waals surface area contributed by atoms with Crippen molar-refractivity contribution in [3.05, 3.63) is 34.9 Å². The average molecular weight is 281 g/mol. The molecule has 1 fully saturated rings. The van der Waals surface area contributed by atoms with Crippen LogP contribution in [0.1, 0.15) is 45.6 Å². The van der Waals surface area contributed by atoms with Crippen LogP contribution in [0.4, 0.5) is 0 Å². The first-order chi connectivity index (χ1) is 8.88. The van der Waals surface area contributed by atoms with Gasteiger partial charge in [-0.3, -0.25) is 0 Å². The number of halogens is 1. The predicted octanol–water partition coefficient (Wildman–Crippen LogP) is 4.71. The van der Waals surface area contributed by atoms with Gasteiger partial charge in [-0.1, -0.05) is 50.6 Å². The number of aliphatic hydroxyl groups is 1. The summed E-state index contributed by atoms with van der Waals surface area (Å²) in [6, 6.07) is 8.00. The molecule has 1 nitrogen and oxygen atoms in total. The lowest BCUT2D eigenvalue weighted by molar-refractivity contribution is 0.0196. The summed E-state index contributed by atoms with van der Waals surface area (Å²) in [5, 5.41) is 11.1. The molecular weight excluding hydrogens is 256 g/mol. The van der Waals surface area contributed by atoms with Crippen LogP contribution < -0.4 is 0 Å². The van der Waals surface area contributed by atoms with Gasteiger partial charge < -0.3 is 5.11 Å². The van der Waals surface area contributed by atoms with Crippen molar-refractivity contribution >= 4 is 11.6 Å². The van der Waals surface area contributed by atoms with E-state index in [-0.39, 0.29) is 6.10 Å². The predicted molar refractivity (Wildman–Crippen MR) is 81.4 cm³/mol. The minimum absolute atomic E-state index is 0.171. The summed E-state index contributed by atoms with van der Waals surface area (Å²) in [5.41, 5.74) is 1.50. The Balaban J connectivity index is 2.08. The van der Waals surface area contributed by atoms with Crippen molar-refractivity contribution < 1.29 is 5.11 Å².